The van der Waals surface area contributed by atoms with Crippen molar-refractivity contribution in [2.45, 2.75) is 31.8 Å². The van der Waals surface area contributed by atoms with Gasteiger partial charge in [0.15, 0.2) is 0 Å². The molecule has 1 aliphatic rings. The first-order chi connectivity index (χ1) is 10.1. The largest absolute Gasteiger partial charge is 0.497 e. The quantitative estimate of drug-likeness (QED) is 0.941. The Kier molecular flexibility index (Phi) is 3.59. The summed E-state index contributed by atoms with van der Waals surface area (Å²) >= 11 is 0. The highest BCUT2D eigenvalue weighted by Crippen LogP contribution is 2.35. The second kappa shape index (κ2) is 5.41. The lowest BCUT2D eigenvalue weighted by atomic mass is 9.98. The average molecular weight is 287 g/mol. The minimum absolute atomic E-state index is 0.196. The van der Waals surface area contributed by atoms with E-state index in [0.717, 1.165) is 41.5 Å². The normalized spacial score (nSPS) is 21.0. The SMILES string of the molecule is COc1ccc(OC)c(-c2cn3c(n2)C(C)CC(N)C3)c1. The summed E-state index contributed by atoms with van der Waals surface area (Å²) in [7, 11) is 3.32. The first-order valence-electron chi connectivity index (χ1n) is 7.17. The number of methoxy groups -OCH3 is 2. The molecule has 2 atom stereocenters. The molecule has 0 saturated heterocycles. The lowest BCUT2D eigenvalue weighted by molar-refractivity contribution is 0.404. The highest BCUT2D eigenvalue weighted by Gasteiger charge is 2.25. The van der Waals surface area contributed by atoms with Gasteiger partial charge < -0.3 is 19.8 Å². The number of hydrogen-bond acceptors (Lipinski definition) is 4. The van der Waals surface area contributed by atoms with Crippen LogP contribution in [-0.2, 0) is 6.54 Å². The zero-order valence-corrected chi connectivity index (χ0v) is 12.7. The number of aromatic nitrogens is 2. The average Bonchev–Trinajstić information content (AvgIpc) is 2.90. The first kappa shape index (κ1) is 13.9. The van der Waals surface area contributed by atoms with Crippen LogP contribution in [-0.4, -0.2) is 29.8 Å². The molecule has 0 saturated carbocycles. The standard InChI is InChI=1S/C16H21N3O2/c1-10-6-11(17)8-19-9-14(18-16(10)19)13-7-12(20-2)4-5-15(13)21-3/h4-5,7,9-11H,6,8,17H2,1-3H3. The van der Waals surface area contributed by atoms with E-state index in [0.29, 0.717) is 5.92 Å². The smallest absolute Gasteiger partial charge is 0.128 e. The molecule has 2 heterocycles. The summed E-state index contributed by atoms with van der Waals surface area (Å²) in [4.78, 5) is 4.79. The number of rotatable bonds is 3. The fourth-order valence-corrected chi connectivity index (χ4v) is 3.00. The topological polar surface area (TPSA) is 62.3 Å². The van der Waals surface area contributed by atoms with Crippen molar-refractivity contribution in [2.75, 3.05) is 14.2 Å². The van der Waals surface area contributed by atoms with E-state index in [1.54, 1.807) is 14.2 Å². The van der Waals surface area contributed by atoms with E-state index in [9.17, 15) is 0 Å². The number of nitrogens with zero attached hydrogens (tertiary/aromatic N) is 2. The second-order valence-electron chi connectivity index (χ2n) is 5.60. The monoisotopic (exact) mass is 287 g/mol. The van der Waals surface area contributed by atoms with Gasteiger partial charge in [-0.15, -0.1) is 0 Å². The molecule has 1 aliphatic heterocycles. The van der Waals surface area contributed by atoms with Gasteiger partial charge in [-0.25, -0.2) is 4.98 Å². The van der Waals surface area contributed by atoms with Crippen molar-refractivity contribution < 1.29 is 9.47 Å². The van der Waals surface area contributed by atoms with Gasteiger partial charge in [-0.1, -0.05) is 6.92 Å². The number of hydrogen-bond donors (Lipinski definition) is 1. The van der Waals surface area contributed by atoms with Crippen LogP contribution in [0, 0.1) is 0 Å². The third kappa shape index (κ3) is 2.49. The predicted molar refractivity (Wildman–Crippen MR) is 81.8 cm³/mol. The molecule has 2 N–H and O–H groups in total. The Labute approximate surface area is 124 Å². The third-order valence-corrected chi connectivity index (χ3v) is 4.02. The van der Waals surface area contributed by atoms with Crippen LogP contribution in [0.5, 0.6) is 11.5 Å². The van der Waals surface area contributed by atoms with Crippen molar-refractivity contribution in [1.82, 2.24) is 9.55 Å². The van der Waals surface area contributed by atoms with Gasteiger partial charge in [-0.2, -0.15) is 0 Å². The zero-order chi connectivity index (χ0) is 15.0. The van der Waals surface area contributed by atoms with Crippen molar-refractivity contribution >= 4 is 0 Å². The van der Waals surface area contributed by atoms with Crippen molar-refractivity contribution in [2.24, 2.45) is 5.73 Å². The Morgan fingerprint density at radius 1 is 1.29 bits per heavy atom. The van der Waals surface area contributed by atoms with Gasteiger partial charge >= 0.3 is 0 Å². The van der Waals surface area contributed by atoms with Crippen LogP contribution in [0.1, 0.15) is 25.1 Å². The number of benzene rings is 1. The van der Waals surface area contributed by atoms with E-state index >= 15 is 0 Å². The molecule has 2 aromatic rings. The molecule has 0 aliphatic carbocycles. The first-order valence-corrected chi connectivity index (χ1v) is 7.17. The van der Waals surface area contributed by atoms with E-state index in [2.05, 4.69) is 17.7 Å². The Morgan fingerprint density at radius 2 is 2.10 bits per heavy atom. The van der Waals surface area contributed by atoms with Crippen LogP contribution in [0.2, 0.25) is 0 Å². The van der Waals surface area contributed by atoms with E-state index in [4.69, 9.17) is 20.2 Å². The number of ether oxygens (including phenoxy) is 2. The summed E-state index contributed by atoms with van der Waals surface area (Å²) < 4.78 is 12.9. The van der Waals surface area contributed by atoms with Crippen LogP contribution in [0.4, 0.5) is 0 Å². The van der Waals surface area contributed by atoms with Gasteiger partial charge in [0.1, 0.15) is 17.3 Å². The molecule has 2 unspecified atom stereocenters. The molecule has 0 fully saturated rings. The van der Waals surface area contributed by atoms with Crippen molar-refractivity contribution in [3.63, 3.8) is 0 Å². The van der Waals surface area contributed by atoms with E-state index in [-0.39, 0.29) is 6.04 Å². The fraction of sp³-hybridized carbons (Fsp3) is 0.438. The van der Waals surface area contributed by atoms with Gasteiger partial charge in [0.25, 0.3) is 0 Å². The van der Waals surface area contributed by atoms with Gasteiger partial charge in [-0.05, 0) is 24.6 Å². The molecule has 5 nitrogen and oxygen atoms in total. The minimum Gasteiger partial charge on any atom is -0.497 e. The molecule has 0 bridgehead atoms. The van der Waals surface area contributed by atoms with Gasteiger partial charge in [0.2, 0.25) is 0 Å². The molecule has 0 radical (unpaired) electrons. The summed E-state index contributed by atoms with van der Waals surface area (Å²) in [5.41, 5.74) is 7.94. The molecule has 5 heteroatoms. The van der Waals surface area contributed by atoms with Crippen molar-refractivity contribution in [1.29, 1.82) is 0 Å². The maximum absolute atomic E-state index is 6.10. The second-order valence-corrected chi connectivity index (χ2v) is 5.60. The summed E-state index contributed by atoms with van der Waals surface area (Å²) in [5.74, 6) is 3.06. The highest BCUT2D eigenvalue weighted by atomic mass is 16.5. The van der Waals surface area contributed by atoms with Crippen LogP contribution in [0.3, 0.4) is 0 Å². The molecule has 1 aromatic heterocycles. The maximum atomic E-state index is 6.10. The Balaban J connectivity index is 2.07. The van der Waals surface area contributed by atoms with Crippen LogP contribution in [0.25, 0.3) is 11.3 Å². The number of nitrogens with two attached hydrogens (primary N) is 1. The van der Waals surface area contributed by atoms with E-state index in [1.807, 2.05) is 18.2 Å². The number of fused-ring (bicyclic) bond motifs is 1. The molecule has 1 aromatic carbocycles. The zero-order valence-electron chi connectivity index (χ0n) is 12.7. The molecular formula is C16H21N3O2. The fourth-order valence-electron chi connectivity index (χ4n) is 3.00. The molecule has 112 valence electrons. The Bertz CT molecular complexity index is 651. The predicted octanol–water partition coefficient (Wildman–Crippen LogP) is 2.40. The van der Waals surface area contributed by atoms with Gasteiger partial charge in [0.05, 0.1) is 19.9 Å². The molecule has 21 heavy (non-hydrogen) atoms. The van der Waals surface area contributed by atoms with Crippen molar-refractivity contribution in [3.05, 3.63) is 30.2 Å². The third-order valence-electron chi connectivity index (χ3n) is 4.02. The lowest BCUT2D eigenvalue weighted by Gasteiger charge is -2.25. The summed E-state index contributed by atoms with van der Waals surface area (Å²) in [5, 5.41) is 0. The van der Waals surface area contributed by atoms with Gasteiger partial charge in [0, 0.05) is 30.3 Å². The minimum atomic E-state index is 0.196. The summed E-state index contributed by atoms with van der Waals surface area (Å²) in [6.07, 6.45) is 3.04. The number of imidazole rings is 1. The maximum Gasteiger partial charge on any atom is 0.128 e. The van der Waals surface area contributed by atoms with Crippen LogP contribution >= 0.6 is 0 Å². The summed E-state index contributed by atoms with van der Waals surface area (Å²) in [6, 6.07) is 5.94. The summed E-state index contributed by atoms with van der Waals surface area (Å²) in [6.45, 7) is 2.99. The van der Waals surface area contributed by atoms with E-state index < -0.39 is 0 Å². The van der Waals surface area contributed by atoms with Crippen LogP contribution < -0.4 is 15.2 Å². The van der Waals surface area contributed by atoms with Gasteiger partial charge in [-0.3, -0.25) is 0 Å². The molecule has 0 amide bonds. The van der Waals surface area contributed by atoms with E-state index in [1.165, 1.54) is 0 Å². The lowest BCUT2D eigenvalue weighted by Crippen LogP contribution is -2.33. The Hall–Kier alpha value is -2.01. The Morgan fingerprint density at radius 3 is 2.81 bits per heavy atom. The molecule has 3 rings (SSSR count). The molecule has 0 spiro atoms. The highest BCUT2D eigenvalue weighted by molar-refractivity contribution is 5.69. The van der Waals surface area contributed by atoms with Crippen molar-refractivity contribution in [3.8, 4) is 22.8 Å². The van der Waals surface area contributed by atoms with Crippen LogP contribution in [0.15, 0.2) is 24.4 Å². The molecular weight excluding hydrogens is 266 g/mol.